The molecule has 0 saturated carbocycles. The Morgan fingerprint density at radius 1 is 1.00 bits per heavy atom. The molecular weight excluding hydrogens is 404 g/mol. The summed E-state index contributed by atoms with van der Waals surface area (Å²) >= 11 is 3.38. The number of amides is 1. The minimum Gasteiger partial charge on any atom is -0.489 e. The molecule has 0 radical (unpaired) electrons. The van der Waals surface area contributed by atoms with Gasteiger partial charge in [0, 0.05) is 10.0 Å². The summed E-state index contributed by atoms with van der Waals surface area (Å²) in [4.78, 5) is 12.1. The van der Waals surface area contributed by atoms with Gasteiger partial charge in [-0.2, -0.15) is 5.10 Å². The van der Waals surface area contributed by atoms with E-state index in [9.17, 15) is 4.79 Å². The highest BCUT2D eigenvalue weighted by molar-refractivity contribution is 9.10. The Bertz CT molecular complexity index is 918. The molecule has 0 aliphatic carbocycles. The molecule has 27 heavy (non-hydrogen) atoms. The van der Waals surface area contributed by atoms with Crippen molar-refractivity contribution in [3.63, 3.8) is 0 Å². The number of ether oxygens (including phenoxy) is 1. The average molecular weight is 423 g/mol. The van der Waals surface area contributed by atoms with Crippen molar-refractivity contribution in [3.05, 3.63) is 99.5 Å². The fourth-order valence-electron chi connectivity index (χ4n) is 2.33. The Kier molecular flexibility index (Phi) is 6.39. The van der Waals surface area contributed by atoms with Gasteiger partial charge in [-0.25, -0.2) is 5.43 Å². The van der Waals surface area contributed by atoms with Gasteiger partial charge >= 0.3 is 0 Å². The summed E-state index contributed by atoms with van der Waals surface area (Å²) in [6.45, 7) is 2.54. The molecule has 1 amide bonds. The van der Waals surface area contributed by atoms with Crippen LogP contribution in [0.25, 0.3) is 0 Å². The summed E-state index contributed by atoms with van der Waals surface area (Å²) < 4.78 is 6.74. The van der Waals surface area contributed by atoms with Crippen LogP contribution in [0.1, 0.15) is 27.0 Å². The monoisotopic (exact) mass is 422 g/mol. The smallest absolute Gasteiger partial charge is 0.271 e. The predicted octanol–water partition coefficient (Wildman–Crippen LogP) is 5.10. The van der Waals surface area contributed by atoms with Gasteiger partial charge in [-0.3, -0.25) is 4.79 Å². The highest BCUT2D eigenvalue weighted by Gasteiger charge is 2.04. The fraction of sp³-hybridized carbons (Fsp3) is 0.0909. The molecule has 1 N–H and O–H groups in total. The highest BCUT2D eigenvalue weighted by Crippen LogP contribution is 2.15. The Morgan fingerprint density at radius 2 is 1.67 bits per heavy atom. The molecule has 5 heteroatoms. The Labute approximate surface area is 167 Å². The number of hydrogen-bond acceptors (Lipinski definition) is 3. The van der Waals surface area contributed by atoms with Gasteiger partial charge in [0.15, 0.2) is 0 Å². The molecule has 0 spiro atoms. The number of halogens is 1. The van der Waals surface area contributed by atoms with Crippen molar-refractivity contribution in [2.75, 3.05) is 0 Å². The van der Waals surface area contributed by atoms with E-state index in [2.05, 4.69) is 45.5 Å². The number of hydrogen-bond donors (Lipinski definition) is 1. The quantitative estimate of drug-likeness (QED) is 0.443. The van der Waals surface area contributed by atoms with E-state index < -0.39 is 0 Å². The van der Waals surface area contributed by atoms with Crippen molar-refractivity contribution < 1.29 is 9.53 Å². The average Bonchev–Trinajstić information content (AvgIpc) is 2.69. The first-order valence-electron chi connectivity index (χ1n) is 8.47. The topological polar surface area (TPSA) is 50.7 Å². The van der Waals surface area contributed by atoms with E-state index in [0.29, 0.717) is 17.9 Å². The molecular formula is C22H19BrN2O2. The maximum Gasteiger partial charge on any atom is 0.271 e. The van der Waals surface area contributed by atoms with Crippen LogP contribution in [0.5, 0.6) is 5.75 Å². The van der Waals surface area contributed by atoms with Gasteiger partial charge in [-0.1, -0.05) is 57.9 Å². The van der Waals surface area contributed by atoms with E-state index >= 15 is 0 Å². The van der Waals surface area contributed by atoms with Crippen LogP contribution in [0.15, 0.2) is 82.4 Å². The predicted molar refractivity (Wildman–Crippen MR) is 111 cm³/mol. The Hall–Kier alpha value is -2.92. The number of carbonyl (C=O) groups excluding carboxylic acids is 1. The summed E-state index contributed by atoms with van der Waals surface area (Å²) in [7, 11) is 0. The van der Waals surface area contributed by atoms with E-state index in [4.69, 9.17) is 4.74 Å². The van der Waals surface area contributed by atoms with Gasteiger partial charge in [0.05, 0.1) is 6.21 Å². The minimum atomic E-state index is -0.270. The zero-order valence-electron chi connectivity index (χ0n) is 14.9. The second-order valence-corrected chi connectivity index (χ2v) is 6.97. The number of benzene rings is 3. The number of hydrazone groups is 1. The van der Waals surface area contributed by atoms with Gasteiger partial charge in [0.1, 0.15) is 12.4 Å². The molecule has 0 aromatic heterocycles. The molecule has 4 nitrogen and oxygen atoms in total. The summed E-state index contributed by atoms with van der Waals surface area (Å²) in [6, 6.07) is 22.8. The number of carbonyl (C=O) groups is 1. The third-order valence-corrected chi connectivity index (χ3v) is 4.42. The standard InChI is InChI=1S/C22H19BrN2O2/c1-16-2-4-18(5-3-16)15-27-21-12-8-19(9-13-21)22(26)25-24-14-17-6-10-20(23)11-7-17/h2-14H,15H2,1H3,(H,25,26). The second-order valence-electron chi connectivity index (χ2n) is 6.05. The third-order valence-electron chi connectivity index (χ3n) is 3.89. The van der Waals surface area contributed by atoms with Crippen molar-refractivity contribution >= 4 is 28.1 Å². The first kappa shape index (κ1) is 18.9. The van der Waals surface area contributed by atoms with Crippen molar-refractivity contribution in [1.29, 1.82) is 0 Å². The molecule has 0 fully saturated rings. The minimum absolute atomic E-state index is 0.270. The van der Waals surface area contributed by atoms with Gasteiger partial charge in [-0.15, -0.1) is 0 Å². The summed E-state index contributed by atoms with van der Waals surface area (Å²) in [5, 5.41) is 3.98. The zero-order valence-corrected chi connectivity index (χ0v) is 16.4. The van der Waals surface area contributed by atoms with Crippen LogP contribution in [0.2, 0.25) is 0 Å². The normalized spacial score (nSPS) is 10.7. The Morgan fingerprint density at radius 3 is 2.33 bits per heavy atom. The van der Waals surface area contributed by atoms with E-state index in [-0.39, 0.29) is 5.91 Å². The zero-order chi connectivity index (χ0) is 19.1. The first-order valence-corrected chi connectivity index (χ1v) is 9.27. The van der Waals surface area contributed by atoms with Gasteiger partial charge in [0.2, 0.25) is 0 Å². The van der Waals surface area contributed by atoms with Gasteiger partial charge in [-0.05, 0) is 54.4 Å². The van der Waals surface area contributed by atoms with Crippen molar-refractivity contribution in [2.45, 2.75) is 13.5 Å². The van der Waals surface area contributed by atoms with Crippen molar-refractivity contribution in [1.82, 2.24) is 5.43 Å². The largest absolute Gasteiger partial charge is 0.489 e. The number of rotatable bonds is 6. The van der Waals surface area contributed by atoms with Crippen LogP contribution in [-0.4, -0.2) is 12.1 Å². The van der Waals surface area contributed by atoms with E-state index in [1.807, 2.05) is 36.4 Å². The lowest BCUT2D eigenvalue weighted by Crippen LogP contribution is -2.17. The van der Waals surface area contributed by atoms with Crippen LogP contribution in [-0.2, 0) is 6.61 Å². The summed E-state index contributed by atoms with van der Waals surface area (Å²) in [5.74, 6) is 0.443. The van der Waals surface area contributed by atoms with Crippen LogP contribution in [0.3, 0.4) is 0 Å². The van der Waals surface area contributed by atoms with E-state index in [1.54, 1.807) is 30.5 Å². The lowest BCUT2D eigenvalue weighted by atomic mass is 10.2. The molecule has 3 rings (SSSR count). The number of aryl methyl sites for hydroxylation is 1. The molecule has 136 valence electrons. The van der Waals surface area contributed by atoms with Crippen LogP contribution in [0, 0.1) is 6.92 Å². The highest BCUT2D eigenvalue weighted by atomic mass is 79.9. The fourth-order valence-corrected chi connectivity index (χ4v) is 2.60. The molecule has 0 aliphatic rings. The SMILES string of the molecule is Cc1ccc(COc2ccc(C(=O)NN=Cc3ccc(Br)cc3)cc2)cc1. The van der Waals surface area contributed by atoms with Crippen molar-refractivity contribution in [2.24, 2.45) is 5.10 Å². The Balaban J connectivity index is 1.52. The molecule has 0 saturated heterocycles. The maximum absolute atomic E-state index is 12.1. The van der Waals surface area contributed by atoms with Gasteiger partial charge < -0.3 is 4.74 Å². The molecule has 3 aromatic rings. The lowest BCUT2D eigenvalue weighted by Gasteiger charge is -2.07. The molecule has 3 aromatic carbocycles. The van der Waals surface area contributed by atoms with Gasteiger partial charge in [0.25, 0.3) is 5.91 Å². The number of nitrogens with zero attached hydrogens (tertiary/aromatic N) is 1. The lowest BCUT2D eigenvalue weighted by molar-refractivity contribution is 0.0955. The molecule has 0 atom stereocenters. The third kappa shape index (κ3) is 5.79. The van der Waals surface area contributed by atoms with Crippen LogP contribution >= 0.6 is 15.9 Å². The number of nitrogens with one attached hydrogen (secondary N) is 1. The van der Waals surface area contributed by atoms with Crippen LogP contribution in [0.4, 0.5) is 0 Å². The summed E-state index contributed by atoms with van der Waals surface area (Å²) in [5.41, 5.74) is 6.26. The first-order chi connectivity index (χ1) is 13.1. The molecule has 0 aliphatic heterocycles. The molecule has 0 bridgehead atoms. The molecule has 0 unspecified atom stereocenters. The second kappa shape index (κ2) is 9.14. The van der Waals surface area contributed by atoms with E-state index in [1.165, 1.54) is 5.56 Å². The maximum atomic E-state index is 12.1. The molecule has 0 heterocycles. The van der Waals surface area contributed by atoms with E-state index in [0.717, 1.165) is 15.6 Å². The van der Waals surface area contributed by atoms with Crippen molar-refractivity contribution in [3.8, 4) is 5.75 Å². The summed E-state index contributed by atoms with van der Waals surface area (Å²) in [6.07, 6.45) is 1.60. The van der Waals surface area contributed by atoms with Crippen LogP contribution < -0.4 is 10.2 Å².